The molecule has 1 heterocycles. The highest BCUT2D eigenvalue weighted by Gasteiger charge is 2.19. The standard InChI is InChI=1S/C15H19N3O2S3/c1-4-8-12-13(18(2)3)16-15(21)22-14(12)17-23(19,20)11-9-6-5-7-10-11/h5-7,9-10,17H,4,8H2,1-3H3. The average Bonchev–Trinajstić information content (AvgIpc) is 2.50. The van der Waals surface area contributed by atoms with Crippen molar-refractivity contribution in [3.63, 3.8) is 0 Å². The van der Waals surface area contributed by atoms with Gasteiger partial charge in [0.05, 0.1) is 4.90 Å². The number of sulfonamides is 1. The van der Waals surface area contributed by atoms with Gasteiger partial charge in [-0.15, -0.1) is 0 Å². The van der Waals surface area contributed by atoms with Crippen LogP contribution in [0.1, 0.15) is 18.9 Å². The van der Waals surface area contributed by atoms with Gasteiger partial charge in [-0.25, -0.2) is 13.4 Å². The van der Waals surface area contributed by atoms with Crippen molar-refractivity contribution in [1.29, 1.82) is 0 Å². The smallest absolute Gasteiger partial charge is 0.262 e. The highest BCUT2D eigenvalue weighted by Crippen LogP contribution is 2.32. The van der Waals surface area contributed by atoms with Crippen molar-refractivity contribution in [2.75, 3.05) is 23.7 Å². The van der Waals surface area contributed by atoms with Crippen molar-refractivity contribution < 1.29 is 8.42 Å². The molecule has 0 radical (unpaired) electrons. The number of hydrogen-bond donors (Lipinski definition) is 1. The fourth-order valence-corrected chi connectivity index (χ4v) is 4.59. The first-order chi connectivity index (χ1) is 10.8. The number of benzene rings is 1. The molecule has 1 N–H and O–H groups in total. The molecule has 8 heteroatoms. The van der Waals surface area contributed by atoms with E-state index in [1.54, 1.807) is 30.3 Å². The second kappa shape index (κ2) is 7.37. The van der Waals surface area contributed by atoms with Crippen LogP contribution in [-0.4, -0.2) is 27.5 Å². The molecule has 0 spiro atoms. The maximum absolute atomic E-state index is 12.6. The van der Waals surface area contributed by atoms with Crippen molar-refractivity contribution in [2.45, 2.75) is 24.7 Å². The zero-order valence-corrected chi connectivity index (χ0v) is 15.7. The molecule has 1 aromatic carbocycles. The lowest BCUT2D eigenvalue weighted by atomic mass is 10.2. The Morgan fingerprint density at radius 2 is 1.91 bits per heavy atom. The summed E-state index contributed by atoms with van der Waals surface area (Å²) in [5.41, 5.74) is 0.871. The highest BCUT2D eigenvalue weighted by atomic mass is 32.2. The third kappa shape index (κ3) is 4.27. The Morgan fingerprint density at radius 1 is 1.26 bits per heavy atom. The zero-order chi connectivity index (χ0) is 17.0. The predicted octanol–water partition coefficient (Wildman–Crippen LogP) is 3.69. The molecule has 0 aliphatic rings. The number of nitrogens with zero attached hydrogens (tertiary/aromatic N) is 2. The fraction of sp³-hybridized carbons (Fsp3) is 0.333. The highest BCUT2D eigenvalue weighted by molar-refractivity contribution is 7.93. The topological polar surface area (TPSA) is 62.3 Å². The van der Waals surface area contributed by atoms with Crippen LogP contribution in [0.4, 0.5) is 10.8 Å². The Balaban J connectivity index is 2.53. The van der Waals surface area contributed by atoms with E-state index in [2.05, 4.69) is 9.71 Å². The lowest BCUT2D eigenvalue weighted by Crippen LogP contribution is -2.17. The van der Waals surface area contributed by atoms with Gasteiger partial charge in [-0.3, -0.25) is 4.72 Å². The van der Waals surface area contributed by atoms with E-state index in [0.29, 0.717) is 14.8 Å². The maximum atomic E-state index is 12.6. The van der Waals surface area contributed by atoms with E-state index in [-0.39, 0.29) is 4.90 Å². The lowest BCUT2D eigenvalue weighted by molar-refractivity contribution is 0.601. The summed E-state index contributed by atoms with van der Waals surface area (Å²) in [7, 11) is 0.0973. The number of anilines is 2. The van der Waals surface area contributed by atoms with Crippen molar-refractivity contribution in [3.8, 4) is 0 Å². The van der Waals surface area contributed by atoms with E-state index >= 15 is 0 Å². The fourth-order valence-electron chi connectivity index (χ4n) is 2.14. The summed E-state index contributed by atoms with van der Waals surface area (Å²) in [6.07, 6.45) is 1.60. The number of hydrogen-bond acceptors (Lipinski definition) is 6. The van der Waals surface area contributed by atoms with Gasteiger partial charge in [-0.2, -0.15) is 0 Å². The number of rotatable bonds is 6. The van der Waals surface area contributed by atoms with Crippen LogP contribution in [0.25, 0.3) is 0 Å². The molecule has 0 saturated carbocycles. The molecule has 0 atom stereocenters. The second-order valence-electron chi connectivity index (χ2n) is 5.17. The summed E-state index contributed by atoms with van der Waals surface area (Å²) in [5.74, 6) is 0.710. The molecule has 124 valence electrons. The van der Waals surface area contributed by atoms with E-state index in [1.807, 2.05) is 25.9 Å². The largest absolute Gasteiger partial charge is 0.362 e. The molecule has 1 aromatic heterocycles. The summed E-state index contributed by atoms with van der Waals surface area (Å²) in [4.78, 5) is 6.46. The first-order valence-electron chi connectivity index (χ1n) is 7.14. The minimum Gasteiger partial charge on any atom is -0.362 e. The van der Waals surface area contributed by atoms with Gasteiger partial charge in [0, 0.05) is 19.7 Å². The Bertz CT molecular complexity index is 831. The molecule has 0 unspecified atom stereocenters. The van der Waals surface area contributed by atoms with Gasteiger partial charge < -0.3 is 4.90 Å². The lowest BCUT2D eigenvalue weighted by Gasteiger charge is -2.19. The summed E-state index contributed by atoms with van der Waals surface area (Å²) in [5, 5.41) is 0.541. The molecule has 0 saturated heterocycles. The molecule has 0 bridgehead atoms. The van der Waals surface area contributed by atoms with Crippen LogP contribution < -0.4 is 9.62 Å². The van der Waals surface area contributed by atoms with E-state index in [4.69, 9.17) is 12.2 Å². The zero-order valence-electron chi connectivity index (χ0n) is 13.2. The molecular formula is C15H19N3O2S3. The van der Waals surface area contributed by atoms with Crippen LogP contribution in [0.15, 0.2) is 35.2 Å². The monoisotopic (exact) mass is 369 g/mol. The van der Waals surface area contributed by atoms with Gasteiger partial charge in [0.2, 0.25) is 0 Å². The first-order valence-corrected chi connectivity index (χ1v) is 9.85. The van der Waals surface area contributed by atoms with E-state index < -0.39 is 10.0 Å². The van der Waals surface area contributed by atoms with Crippen LogP contribution in [0, 0.1) is 3.95 Å². The van der Waals surface area contributed by atoms with Crippen LogP contribution >= 0.6 is 23.6 Å². The number of aromatic nitrogens is 1. The third-order valence-corrected chi connectivity index (χ3v) is 5.79. The number of nitrogens with one attached hydrogen (secondary N) is 1. The van der Waals surface area contributed by atoms with Gasteiger partial charge in [0.1, 0.15) is 10.8 Å². The molecule has 5 nitrogen and oxygen atoms in total. The first kappa shape index (κ1) is 17.8. The van der Waals surface area contributed by atoms with Gasteiger partial charge in [0.25, 0.3) is 10.0 Å². The molecule has 2 rings (SSSR count). The molecule has 0 aliphatic carbocycles. The van der Waals surface area contributed by atoms with Gasteiger partial charge in [-0.05, 0) is 30.8 Å². The molecule has 0 amide bonds. The van der Waals surface area contributed by atoms with Gasteiger partial charge in [0.15, 0.2) is 3.95 Å². The third-order valence-electron chi connectivity index (χ3n) is 3.13. The van der Waals surface area contributed by atoms with Crippen molar-refractivity contribution in [3.05, 3.63) is 39.8 Å². The van der Waals surface area contributed by atoms with Crippen molar-refractivity contribution in [1.82, 2.24) is 4.98 Å². The molecule has 0 fully saturated rings. The Morgan fingerprint density at radius 3 is 2.48 bits per heavy atom. The predicted molar refractivity (Wildman–Crippen MR) is 98.5 cm³/mol. The molecule has 23 heavy (non-hydrogen) atoms. The van der Waals surface area contributed by atoms with Crippen LogP contribution in [0.5, 0.6) is 0 Å². The normalized spacial score (nSPS) is 11.3. The van der Waals surface area contributed by atoms with E-state index in [1.165, 1.54) is 11.3 Å². The molecule has 2 aromatic rings. The second-order valence-corrected chi connectivity index (χ2v) is 8.50. The maximum Gasteiger partial charge on any atom is 0.262 e. The minimum atomic E-state index is -3.65. The van der Waals surface area contributed by atoms with Crippen molar-refractivity contribution in [2.24, 2.45) is 0 Å². The minimum absolute atomic E-state index is 0.226. The SMILES string of the molecule is CCCc1c(N(C)C)nc(=S)sc1NS(=O)(=O)c1ccccc1. The Hall–Kier alpha value is -1.51. The Labute approximate surface area is 146 Å². The summed E-state index contributed by atoms with van der Waals surface area (Å²) in [6.45, 7) is 2.04. The van der Waals surface area contributed by atoms with Crippen LogP contribution in [-0.2, 0) is 16.4 Å². The van der Waals surface area contributed by atoms with Crippen LogP contribution in [0.2, 0.25) is 0 Å². The molecular weight excluding hydrogens is 350 g/mol. The average molecular weight is 370 g/mol. The summed E-state index contributed by atoms with van der Waals surface area (Å²) >= 11 is 6.39. The van der Waals surface area contributed by atoms with Gasteiger partial charge >= 0.3 is 0 Å². The quantitative estimate of drug-likeness (QED) is 0.787. The van der Waals surface area contributed by atoms with E-state index in [0.717, 1.165) is 18.4 Å². The van der Waals surface area contributed by atoms with Gasteiger partial charge in [-0.1, -0.05) is 42.9 Å². The van der Waals surface area contributed by atoms with Crippen LogP contribution in [0.3, 0.4) is 0 Å². The molecule has 0 aliphatic heterocycles. The van der Waals surface area contributed by atoms with Crippen molar-refractivity contribution >= 4 is 44.4 Å². The summed E-state index contributed by atoms with van der Waals surface area (Å²) < 4.78 is 28.2. The summed E-state index contributed by atoms with van der Waals surface area (Å²) in [6, 6.07) is 8.30. The van der Waals surface area contributed by atoms with E-state index in [9.17, 15) is 8.42 Å². The Kier molecular flexibility index (Phi) is 5.72.